The highest BCUT2D eigenvalue weighted by Crippen LogP contribution is 2.31. The maximum atomic E-state index is 14.5. The van der Waals surface area contributed by atoms with E-state index in [-0.39, 0.29) is 28.7 Å². The molecule has 1 aliphatic carbocycles. The van der Waals surface area contributed by atoms with Gasteiger partial charge in [-0.2, -0.15) is 5.10 Å². The fourth-order valence-corrected chi connectivity index (χ4v) is 6.29. The Bertz CT molecular complexity index is 2050. The van der Waals surface area contributed by atoms with Crippen LogP contribution in [0.1, 0.15) is 53.5 Å². The van der Waals surface area contributed by atoms with Crippen LogP contribution in [0.3, 0.4) is 0 Å². The average molecular weight is 626 g/mol. The summed E-state index contributed by atoms with van der Waals surface area (Å²) in [6, 6.07) is 14.7. The molecule has 6 rings (SSSR count). The highest BCUT2D eigenvalue weighted by Gasteiger charge is 2.28. The number of halogens is 1. The molecule has 3 heterocycles. The van der Waals surface area contributed by atoms with E-state index >= 15 is 0 Å². The number of pyridine rings is 1. The van der Waals surface area contributed by atoms with Gasteiger partial charge in [0.1, 0.15) is 17.3 Å². The lowest BCUT2D eigenvalue weighted by atomic mass is 9.90. The van der Waals surface area contributed by atoms with Crippen molar-refractivity contribution in [2.45, 2.75) is 51.2 Å². The molecule has 0 aliphatic heterocycles. The Balaban J connectivity index is 1.37. The number of aryl methyl sites for hydroxylation is 2. The van der Waals surface area contributed by atoms with E-state index in [0.29, 0.717) is 43.6 Å². The summed E-state index contributed by atoms with van der Waals surface area (Å²) in [5.41, 5.74) is 3.15. The van der Waals surface area contributed by atoms with Gasteiger partial charge >= 0.3 is 5.69 Å². The van der Waals surface area contributed by atoms with Gasteiger partial charge in [0.25, 0.3) is 11.5 Å². The number of phenols is 1. The number of nitrogens with one attached hydrogen (secondary N) is 1. The van der Waals surface area contributed by atoms with Gasteiger partial charge in [0.05, 0.1) is 17.3 Å². The first-order valence-electron chi connectivity index (χ1n) is 15.2. The van der Waals surface area contributed by atoms with Crippen LogP contribution in [0.2, 0.25) is 0 Å². The normalized spacial score (nSPS) is 16.7. The second kappa shape index (κ2) is 12.4. The Morgan fingerprint density at radius 2 is 1.83 bits per heavy atom. The molecule has 2 aromatic carbocycles. The standard InChI is InChI=1S/C34H36FN7O4/c1-20-14-30(38-40(20)4)32(44)37-24-8-10-25(11-9-24)42-33(45)29-17-23(35)18-36-31(29)41(34(42)46)26-7-5-6-21(15-26)28-13-12-27(43)16-22(28)19-39(2)3/h5-7,12-18,24-25,43H,8-11,19H2,1-4H3,(H,37,44). The highest BCUT2D eigenvalue weighted by atomic mass is 19.1. The number of rotatable bonds is 7. The molecule has 238 valence electrons. The molecular weight excluding hydrogens is 589 g/mol. The molecule has 2 N–H and O–H groups in total. The van der Waals surface area contributed by atoms with Crippen LogP contribution in [-0.4, -0.2) is 59.9 Å². The van der Waals surface area contributed by atoms with Crippen LogP contribution in [-0.2, 0) is 13.6 Å². The summed E-state index contributed by atoms with van der Waals surface area (Å²) in [6.45, 7) is 2.45. The Morgan fingerprint density at radius 1 is 1.07 bits per heavy atom. The Hall–Kier alpha value is -5.10. The molecule has 11 nitrogen and oxygen atoms in total. The number of phenolic OH excluding ortho intramolecular Hbond substituents is 1. The number of carbonyl (C=O) groups is 1. The summed E-state index contributed by atoms with van der Waals surface area (Å²) in [5, 5.41) is 17.4. The number of carbonyl (C=O) groups excluding carboxylic acids is 1. The van der Waals surface area contributed by atoms with Crippen molar-refractivity contribution in [3.63, 3.8) is 0 Å². The van der Waals surface area contributed by atoms with Crippen LogP contribution in [0.25, 0.3) is 27.8 Å². The number of aromatic nitrogens is 5. The number of fused-ring (bicyclic) bond motifs is 1. The number of amides is 1. The molecule has 3 aromatic heterocycles. The van der Waals surface area contributed by atoms with E-state index in [4.69, 9.17) is 0 Å². The summed E-state index contributed by atoms with van der Waals surface area (Å²) < 4.78 is 18.7. The smallest absolute Gasteiger partial charge is 0.337 e. The molecule has 0 bridgehead atoms. The van der Waals surface area contributed by atoms with E-state index < -0.39 is 23.1 Å². The van der Waals surface area contributed by atoms with Crippen LogP contribution >= 0.6 is 0 Å². The van der Waals surface area contributed by atoms with Gasteiger partial charge in [0.15, 0.2) is 5.65 Å². The number of aromatic hydroxyl groups is 1. The molecule has 1 fully saturated rings. The van der Waals surface area contributed by atoms with Crippen molar-refractivity contribution in [3.8, 4) is 22.6 Å². The third-order valence-electron chi connectivity index (χ3n) is 8.63. The highest BCUT2D eigenvalue weighted by molar-refractivity contribution is 5.92. The van der Waals surface area contributed by atoms with E-state index in [2.05, 4.69) is 15.4 Å². The monoisotopic (exact) mass is 625 g/mol. The zero-order valence-corrected chi connectivity index (χ0v) is 26.2. The minimum Gasteiger partial charge on any atom is -0.508 e. The summed E-state index contributed by atoms with van der Waals surface area (Å²) >= 11 is 0. The number of hydrogen-bond acceptors (Lipinski definition) is 7. The molecule has 0 radical (unpaired) electrons. The maximum absolute atomic E-state index is 14.5. The number of nitrogens with zero attached hydrogens (tertiary/aromatic N) is 6. The van der Waals surface area contributed by atoms with E-state index in [1.54, 1.807) is 36.0 Å². The number of benzene rings is 2. The van der Waals surface area contributed by atoms with Gasteiger partial charge in [-0.05, 0) is 99.8 Å². The van der Waals surface area contributed by atoms with E-state index in [1.165, 1.54) is 9.13 Å². The van der Waals surface area contributed by atoms with Crippen molar-refractivity contribution in [3.05, 3.63) is 104 Å². The van der Waals surface area contributed by atoms with Gasteiger partial charge in [-0.3, -0.25) is 18.8 Å². The van der Waals surface area contributed by atoms with Crippen molar-refractivity contribution in [2.24, 2.45) is 7.05 Å². The molecule has 0 unspecified atom stereocenters. The molecule has 1 aliphatic rings. The molecular formula is C34H36FN7O4. The van der Waals surface area contributed by atoms with Crippen LogP contribution in [0.4, 0.5) is 4.39 Å². The number of hydrogen-bond donors (Lipinski definition) is 2. The first-order valence-corrected chi connectivity index (χ1v) is 15.2. The molecule has 0 saturated heterocycles. The van der Waals surface area contributed by atoms with Gasteiger partial charge in [-0.1, -0.05) is 18.2 Å². The largest absolute Gasteiger partial charge is 0.508 e. The average Bonchev–Trinajstić information content (AvgIpc) is 3.36. The minimum absolute atomic E-state index is 0.00359. The summed E-state index contributed by atoms with van der Waals surface area (Å²) in [6.07, 6.45) is 3.04. The fourth-order valence-electron chi connectivity index (χ4n) is 6.29. The Morgan fingerprint density at radius 3 is 2.52 bits per heavy atom. The van der Waals surface area contributed by atoms with Crippen molar-refractivity contribution in [2.75, 3.05) is 14.1 Å². The SMILES string of the molecule is Cc1cc(C(=O)NC2CCC(n3c(=O)c4cc(F)cnc4n(-c4cccc(-c5ccc(O)cc5CN(C)C)c4)c3=O)CC2)nn1C. The predicted molar refractivity (Wildman–Crippen MR) is 173 cm³/mol. The van der Waals surface area contributed by atoms with E-state index in [9.17, 15) is 23.9 Å². The minimum atomic E-state index is -0.677. The molecule has 1 saturated carbocycles. The second-order valence-corrected chi connectivity index (χ2v) is 12.2. The lowest BCUT2D eigenvalue weighted by molar-refractivity contribution is 0.0916. The fraction of sp³-hybridized carbons (Fsp3) is 0.324. The summed E-state index contributed by atoms with van der Waals surface area (Å²) in [7, 11) is 5.65. The molecule has 12 heteroatoms. The lowest BCUT2D eigenvalue weighted by Gasteiger charge is -2.30. The summed E-state index contributed by atoms with van der Waals surface area (Å²) in [5.74, 6) is -0.789. The zero-order chi connectivity index (χ0) is 32.7. The van der Waals surface area contributed by atoms with Gasteiger partial charge < -0.3 is 15.3 Å². The maximum Gasteiger partial charge on any atom is 0.337 e. The second-order valence-electron chi connectivity index (χ2n) is 12.2. The first-order chi connectivity index (χ1) is 22.0. The van der Waals surface area contributed by atoms with E-state index in [1.807, 2.05) is 50.2 Å². The topological polar surface area (TPSA) is 127 Å². The van der Waals surface area contributed by atoms with E-state index in [0.717, 1.165) is 34.6 Å². The van der Waals surface area contributed by atoms with Gasteiger partial charge in [-0.25, -0.2) is 18.7 Å². The van der Waals surface area contributed by atoms with Gasteiger partial charge in [0.2, 0.25) is 0 Å². The molecule has 46 heavy (non-hydrogen) atoms. The van der Waals surface area contributed by atoms with Crippen LogP contribution in [0.5, 0.6) is 5.75 Å². The third kappa shape index (κ3) is 5.95. The summed E-state index contributed by atoms with van der Waals surface area (Å²) in [4.78, 5) is 47.0. The molecule has 0 atom stereocenters. The van der Waals surface area contributed by atoms with Crippen molar-refractivity contribution in [1.82, 2.24) is 34.1 Å². The van der Waals surface area contributed by atoms with Crippen LogP contribution in [0, 0.1) is 12.7 Å². The lowest BCUT2D eigenvalue weighted by Crippen LogP contribution is -2.45. The molecule has 1 amide bonds. The van der Waals surface area contributed by atoms with Crippen LogP contribution < -0.4 is 16.6 Å². The third-order valence-corrected chi connectivity index (χ3v) is 8.63. The van der Waals surface area contributed by atoms with Crippen molar-refractivity contribution < 1.29 is 14.3 Å². The Labute approximate surface area is 264 Å². The first kappa shape index (κ1) is 30.9. The molecule has 0 spiro atoms. The molecule has 5 aromatic rings. The predicted octanol–water partition coefficient (Wildman–Crippen LogP) is 4.08. The van der Waals surface area contributed by atoms with Crippen molar-refractivity contribution >= 4 is 16.9 Å². The Kier molecular flexibility index (Phi) is 8.30. The zero-order valence-electron chi connectivity index (χ0n) is 26.2. The van der Waals surface area contributed by atoms with Crippen LogP contribution in [0.15, 0.2) is 70.4 Å². The quantitative estimate of drug-likeness (QED) is 0.279. The van der Waals surface area contributed by atoms with Crippen molar-refractivity contribution in [1.29, 1.82) is 0 Å². The van der Waals surface area contributed by atoms with Gasteiger partial charge in [-0.15, -0.1) is 0 Å². The van der Waals surface area contributed by atoms with Gasteiger partial charge in [0, 0.05) is 31.4 Å².